The fourth-order valence-corrected chi connectivity index (χ4v) is 0.747. The Hall–Kier alpha value is -0.480. The maximum absolute atomic E-state index is 9.71. The van der Waals surface area contributed by atoms with Gasteiger partial charge in [0.1, 0.15) is 6.61 Å². The number of hydrogen-bond donors (Lipinski definition) is 4. The van der Waals surface area contributed by atoms with Crippen LogP contribution in [0.3, 0.4) is 0 Å². The van der Waals surface area contributed by atoms with Gasteiger partial charge in [0.15, 0.2) is 0 Å². The number of phosphoric ester groups is 1. The molecule has 110 valence electrons. The summed E-state index contributed by atoms with van der Waals surface area (Å²) in [4.78, 5) is 15.8. The highest BCUT2D eigenvalue weighted by molar-refractivity contribution is 7.46. The molecule has 0 aliphatic heterocycles. The van der Waals surface area contributed by atoms with Gasteiger partial charge in [-0.15, -0.1) is 0 Å². The monoisotopic (exact) mass is 283 g/mol. The molecule has 0 aliphatic carbocycles. The van der Waals surface area contributed by atoms with Gasteiger partial charge in [-0.3, -0.25) is 4.52 Å². The molecule has 0 amide bonds. The maximum atomic E-state index is 9.71. The zero-order valence-electron chi connectivity index (χ0n) is 11.2. The van der Waals surface area contributed by atoms with E-state index in [2.05, 4.69) is 18.4 Å². The van der Waals surface area contributed by atoms with E-state index in [0.29, 0.717) is 0 Å². The van der Waals surface area contributed by atoms with Crippen molar-refractivity contribution in [1.82, 2.24) is 0 Å². The molecule has 0 aromatic rings. The molecule has 7 nitrogen and oxygen atoms in total. The highest BCUT2D eigenvalue weighted by atomic mass is 31.2. The largest absolute Gasteiger partial charge is 0.470 e. The van der Waals surface area contributed by atoms with Crippen LogP contribution in [0.25, 0.3) is 0 Å². The van der Waals surface area contributed by atoms with Crippen molar-refractivity contribution in [2.45, 2.75) is 39.5 Å². The maximum Gasteiger partial charge on any atom is 0.470 e. The molecule has 0 rings (SSSR count). The third-order valence-corrected chi connectivity index (χ3v) is 1.88. The van der Waals surface area contributed by atoms with Crippen molar-refractivity contribution in [2.75, 3.05) is 19.7 Å². The molecule has 8 heteroatoms. The normalized spacial score (nSPS) is 9.39. The second-order valence-electron chi connectivity index (χ2n) is 3.21. The predicted octanol–water partition coefficient (Wildman–Crippen LogP) is 1.11. The van der Waals surface area contributed by atoms with E-state index < -0.39 is 14.4 Å². The fourth-order valence-electron chi connectivity index (χ4n) is 0.521. The molecular formula is C10H26N3O4P. The summed E-state index contributed by atoms with van der Waals surface area (Å²) in [5.41, 5.74) is 10.3. The third kappa shape index (κ3) is 45.1. The molecule has 0 aromatic heterocycles. The van der Waals surface area contributed by atoms with E-state index in [9.17, 15) is 4.57 Å². The molecule has 18 heavy (non-hydrogen) atoms. The lowest BCUT2D eigenvalue weighted by molar-refractivity contribution is 0.218. The van der Waals surface area contributed by atoms with Gasteiger partial charge in [0, 0.05) is 0 Å². The van der Waals surface area contributed by atoms with E-state index in [4.69, 9.17) is 26.5 Å². The van der Waals surface area contributed by atoms with Gasteiger partial charge in [-0.25, -0.2) is 4.57 Å². The molecule has 0 saturated heterocycles. The Balaban J connectivity index is -0.000000197. The summed E-state index contributed by atoms with van der Waals surface area (Å²) in [5, 5.41) is 7.71. The Morgan fingerprint density at radius 2 is 1.56 bits per heavy atom. The van der Waals surface area contributed by atoms with Crippen LogP contribution in [0.4, 0.5) is 0 Å². The van der Waals surface area contributed by atoms with Crippen LogP contribution in [0.1, 0.15) is 39.5 Å². The molecule has 6 N–H and O–H groups in total. The minimum absolute atomic E-state index is 0.579. The average molecular weight is 283 g/mol. The molecule has 0 radical (unpaired) electrons. The molecule has 0 heterocycles. The van der Waals surface area contributed by atoms with Crippen LogP contribution in [0.15, 0.2) is 0 Å². The van der Waals surface area contributed by atoms with E-state index in [1.165, 1.54) is 31.8 Å². The molecule has 0 atom stereocenters. The molecule has 0 aromatic carbocycles. The molecule has 0 saturated carbocycles. The first-order chi connectivity index (χ1) is 8.39. The van der Waals surface area contributed by atoms with Gasteiger partial charge < -0.3 is 21.3 Å². The second-order valence-corrected chi connectivity index (χ2v) is 4.45. The standard InChI is InChI=1S/2C4H11N.C2H4NO4P/c2*1-2-3-4-5;3-1-2-7-8(4,5)6/h2*2-5H2,1H3;2H2,(H2,4,5,6). The first-order valence-electron chi connectivity index (χ1n) is 5.86. The van der Waals surface area contributed by atoms with E-state index in [1.807, 2.05) is 0 Å². The van der Waals surface area contributed by atoms with Gasteiger partial charge >= 0.3 is 7.82 Å². The number of nitrogens with zero attached hydrogens (tertiary/aromatic N) is 1. The Labute approximate surface area is 109 Å². The van der Waals surface area contributed by atoms with Crippen LogP contribution in [0, 0.1) is 11.3 Å². The summed E-state index contributed by atoms with van der Waals surface area (Å²) >= 11 is 0. The van der Waals surface area contributed by atoms with E-state index >= 15 is 0 Å². The van der Waals surface area contributed by atoms with Crippen LogP contribution < -0.4 is 11.5 Å². The number of rotatable bonds is 6. The van der Waals surface area contributed by atoms with Gasteiger partial charge in [-0.05, 0) is 25.9 Å². The molecule has 0 unspecified atom stereocenters. The lowest BCUT2D eigenvalue weighted by Crippen LogP contribution is -1.95. The molecule has 0 spiro atoms. The van der Waals surface area contributed by atoms with Gasteiger partial charge in [-0.2, -0.15) is 5.26 Å². The van der Waals surface area contributed by atoms with Crippen LogP contribution in [0.2, 0.25) is 0 Å². The van der Waals surface area contributed by atoms with Crippen LogP contribution in [-0.2, 0) is 9.09 Å². The summed E-state index contributed by atoms with van der Waals surface area (Å²) < 4.78 is 13.4. The van der Waals surface area contributed by atoms with Crippen molar-refractivity contribution in [3.8, 4) is 6.07 Å². The zero-order valence-corrected chi connectivity index (χ0v) is 12.1. The summed E-state index contributed by atoms with van der Waals surface area (Å²) in [5.74, 6) is 0. The predicted molar refractivity (Wildman–Crippen MR) is 71.5 cm³/mol. The third-order valence-electron chi connectivity index (χ3n) is 1.41. The second kappa shape index (κ2) is 18.9. The first-order valence-corrected chi connectivity index (χ1v) is 7.39. The lowest BCUT2D eigenvalue weighted by atomic mass is 10.3. The van der Waals surface area contributed by atoms with E-state index in [-0.39, 0.29) is 0 Å². The summed E-state index contributed by atoms with van der Waals surface area (Å²) in [6.45, 7) is 5.37. The first kappa shape index (κ1) is 22.7. The SMILES string of the molecule is CCCCN.CCCCN.N#CCOP(=O)(O)O. The number of phosphoric acid groups is 1. The van der Waals surface area contributed by atoms with Crippen molar-refractivity contribution in [1.29, 1.82) is 5.26 Å². The molecule has 0 bridgehead atoms. The van der Waals surface area contributed by atoms with Crippen molar-refractivity contribution in [2.24, 2.45) is 11.5 Å². The summed E-state index contributed by atoms with van der Waals surface area (Å²) in [6.07, 6.45) is 4.77. The quantitative estimate of drug-likeness (QED) is 0.534. The van der Waals surface area contributed by atoms with Gasteiger partial charge in [0.05, 0.1) is 6.07 Å². The van der Waals surface area contributed by atoms with Gasteiger partial charge in [0.25, 0.3) is 0 Å². The van der Waals surface area contributed by atoms with Crippen molar-refractivity contribution in [3.05, 3.63) is 0 Å². The Morgan fingerprint density at radius 1 is 1.17 bits per heavy atom. The molecular weight excluding hydrogens is 257 g/mol. The Morgan fingerprint density at radius 3 is 1.61 bits per heavy atom. The lowest BCUT2D eigenvalue weighted by Gasteiger charge is -1.96. The number of unbranched alkanes of at least 4 members (excludes halogenated alkanes) is 2. The fraction of sp³-hybridized carbons (Fsp3) is 0.900. The summed E-state index contributed by atoms with van der Waals surface area (Å²) in [6, 6.07) is 1.41. The number of nitrogens with two attached hydrogens (primary N) is 2. The molecule has 0 aliphatic rings. The highest BCUT2D eigenvalue weighted by Crippen LogP contribution is 2.34. The van der Waals surface area contributed by atoms with Crippen LogP contribution in [-0.4, -0.2) is 29.5 Å². The van der Waals surface area contributed by atoms with Gasteiger partial charge in [-0.1, -0.05) is 26.7 Å². The van der Waals surface area contributed by atoms with Gasteiger partial charge in [0.2, 0.25) is 0 Å². The number of hydrogen-bond acceptors (Lipinski definition) is 5. The minimum Gasteiger partial charge on any atom is -0.330 e. The van der Waals surface area contributed by atoms with E-state index in [0.717, 1.165) is 13.1 Å². The van der Waals surface area contributed by atoms with E-state index in [1.54, 1.807) is 0 Å². The van der Waals surface area contributed by atoms with Crippen molar-refractivity contribution >= 4 is 7.82 Å². The minimum atomic E-state index is -4.40. The highest BCUT2D eigenvalue weighted by Gasteiger charge is 2.11. The van der Waals surface area contributed by atoms with Crippen LogP contribution >= 0.6 is 7.82 Å². The topological polar surface area (TPSA) is 143 Å². The van der Waals surface area contributed by atoms with Crippen LogP contribution in [0.5, 0.6) is 0 Å². The molecule has 0 fully saturated rings. The Kier molecular flexibility index (Phi) is 23.8. The zero-order chi connectivity index (χ0) is 14.9. The van der Waals surface area contributed by atoms with Crippen molar-refractivity contribution < 1.29 is 18.9 Å². The average Bonchev–Trinajstić information content (AvgIpc) is 2.29. The summed E-state index contributed by atoms with van der Waals surface area (Å²) in [7, 11) is -4.40. The van der Waals surface area contributed by atoms with Crippen molar-refractivity contribution in [3.63, 3.8) is 0 Å². The smallest absolute Gasteiger partial charge is 0.330 e. The number of nitriles is 1. The Bertz CT molecular complexity index is 218.